The number of ether oxygens (including phenoxy) is 1. The molecule has 0 bridgehead atoms. The summed E-state index contributed by atoms with van der Waals surface area (Å²) in [6.07, 6.45) is 0.493. The lowest BCUT2D eigenvalue weighted by Crippen LogP contribution is -2.48. The molecule has 184 valence electrons. The topological polar surface area (TPSA) is 99.8 Å². The van der Waals surface area contributed by atoms with Crippen LogP contribution < -0.4 is 10.6 Å². The third-order valence-corrected chi connectivity index (χ3v) is 7.44. The van der Waals surface area contributed by atoms with Crippen molar-refractivity contribution >= 4 is 29.2 Å². The number of benzene rings is 1. The van der Waals surface area contributed by atoms with Crippen LogP contribution in [-0.4, -0.2) is 61.2 Å². The Hall–Kier alpha value is -3.11. The number of carbonyl (C=O) groups is 1. The molecule has 1 aliphatic heterocycles. The number of hydrogen-bond donors (Lipinski definition) is 1. The van der Waals surface area contributed by atoms with Crippen LogP contribution in [-0.2, 0) is 16.0 Å². The van der Waals surface area contributed by atoms with Crippen molar-refractivity contribution < 1.29 is 9.53 Å². The molecular formula is C26H32N6O2S. The minimum Gasteiger partial charge on any atom is -0.373 e. The van der Waals surface area contributed by atoms with Gasteiger partial charge in [-0.2, -0.15) is 5.26 Å². The predicted molar refractivity (Wildman–Crippen MR) is 139 cm³/mol. The molecule has 1 amide bonds. The summed E-state index contributed by atoms with van der Waals surface area (Å²) in [5, 5.41) is 9.73. The number of morpholine rings is 1. The van der Waals surface area contributed by atoms with Crippen molar-refractivity contribution in [2.45, 2.75) is 43.6 Å². The van der Waals surface area contributed by atoms with Gasteiger partial charge in [0.15, 0.2) is 0 Å². The first-order chi connectivity index (χ1) is 17.0. The van der Waals surface area contributed by atoms with Crippen molar-refractivity contribution in [1.29, 1.82) is 5.26 Å². The maximum absolute atomic E-state index is 12.4. The molecule has 1 unspecified atom stereocenters. The molecule has 0 radical (unpaired) electrons. The number of carbonyl (C=O) groups excluding carboxylic acids is 1. The Labute approximate surface area is 211 Å². The van der Waals surface area contributed by atoms with E-state index in [-0.39, 0.29) is 6.10 Å². The molecule has 0 spiro atoms. The van der Waals surface area contributed by atoms with E-state index >= 15 is 0 Å². The molecule has 1 aromatic carbocycles. The molecule has 1 fully saturated rings. The standard InChI is InChI=1S/C26H32N6O2S/c1-5-20-21(15-27)26(35-23(24(28)33)18-11-9-8-10-12-18)30-25(22(20)29-4)32-13-14-34-19(17-32)16-31(6-2)7-3/h8-12,19,23H,5-7,13-14,16-17H2,1-3H3,(H2,28,33)/t19-,23?/m1/s1. The Bertz CT molecular complexity index is 1110. The highest BCUT2D eigenvalue weighted by molar-refractivity contribution is 8.00. The monoisotopic (exact) mass is 492 g/mol. The third kappa shape index (κ3) is 6.12. The minimum atomic E-state index is -0.702. The highest BCUT2D eigenvalue weighted by Crippen LogP contribution is 2.42. The van der Waals surface area contributed by atoms with Crippen molar-refractivity contribution in [3.8, 4) is 6.07 Å². The molecule has 2 aromatic rings. The van der Waals surface area contributed by atoms with E-state index in [1.54, 1.807) is 0 Å². The number of amides is 1. The average Bonchev–Trinajstić information content (AvgIpc) is 2.89. The molecule has 9 heteroatoms. The van der Waals surface area contributed by atoms with Gasteiger partial charge in [-0.05, 0) is 30.6 Å². The first-order valence-corrected chi connectivity index (χ1v) is 12.8. The molecule has 1 aromatic heterocycles. The van der Waals surface area contributed by atoms with Gasteiger partial charge >= 0.3 is 0 Å². The maximum Gasteiger partial charge on any atom is 0.235 e. The van der Waals surface area contributed by atoms with Crippen LogP contribution >= 0.6 is 11.8 Å². The molecule has 1 aliphatic rings. The number of nitrogens with two attached hydrogens (primary N) is 1. The molecule has 3 rings (SSSR count). The molecule has 35 heavy (non-hydrogen) atoms. The summed E-state index contributed by atoms with van der Waals surface area (Å²) in [7, 11) is 0. The summed E-state index contributed by atoms with van der Waals surface area (Å²) >= 11 is 1.17. The van der Waals surface area contributed by atoms with Gasteiger partial charge in [0.25, 0.3) is 0 Å². The van der Waals surface area contributed by atoms with Gasteiger partial charge in [-0.25, -0.2) is 9.83 Å². The maximum atomic E-state index is 12.4. The largest absolute Gasteiger partial charge is 0.373 e. The fraction of sp³-hybridized carbons (Fsp3) is 0.462. The van der Waals surface area contributed by atoms with E-state index < -0.39 is 11.2 Å². The quantitative estimate of drug-likeness (QED) is 0.396. The first kappa shape index (κ1) is 26.5. The van der Waals surface area contributed by atoms with Crippen LogP contribution in [0.1, 0.15) is 42.7 Å². The summed E-state index contributed by atoms with van der Waals surface area (Å²) in [6.45, 7) is 18.5. The van der Waals surface area contributed by atoms with Gasteiger partial charge in [-0.15, -0.1) is 0 Å². The van der Waals surface area contributed by atoms with E-state index in [1.165, 1.54) is 11.8 Å². The number of likely N-dealkylation sites (N-methyl/N-ethyl adjacent to an activating group) is 1. The number of thioether (sulfide) groups is 1. The Morgan fingerprint density at radius 2 is 2.09 bits per heavy atom. The van der Waals surface area contributed by atoms with Crippen molar-refractivity contribution in [2.75, 3.05) is 44.2 Å². The van der Waals surface area contributed by atoms with Gasteiger partial charge in [0.1, 0.15) is 22.2 Å². The molecule has 1 saturated heterocycles. The normalized spacial score (nSPS) is 16.5. The highest BCUT2D eigenvalue weighted by Gasteiger charge is 2.30. The summed E-state index contributed by atoms with van der Waals surface area (Å²) in [5.74, 6) is 0.0360. The second-order valence-corrected chi connectivity index (χ2v) is 9.35. The van der Waals surface area contributed by atoms with Crippen LogP contribution in [0.5, 0.6) is 0 Å². The first-order valence-electron chi connectivity index (χ1n) is 11.9. The van der Waals surface area contributed by atoms with Gasteiger partial charge in [0.2, 0.25) is 11.6 Å². The zero-order valence-corrected chi connectivity index (χ0v) is 21.3. The number of nitrogens with zero attached hydrogens (tertiary/aromatic N) is 5. The summed E-state index contributed by atoms with van der Waals surface area (Å²) in [6, 6.07) is 11.5. The van der Waals surface area contributed by atoms with Gasteiger partial charge in [0, 0.05) is 19.6 Å². The van der Waals surface area contributed by atoms with Crippen LogP contribution in [0, 0.1) is 17.9 Å². The highest BCUT2D eigenvalue weighted by atomic mass is 32.2. The van der Waals surface area contributed by atoms with Crippen LogP contribution in [0.4, 0.5) is 11.5 Å². The third-order valence-electron chi connectivity index (χ3n) is 6.18. The smallest absolute Gasteiger partial charge is 0.235 e. The molecule has 2 heterocycles. The number of rotatable bonds is 10. The van der Waals surface area contributed by atoms with E-state index in [0.29, 0.717) is 53.8 Å². The van der Waals surface area contributed by atoms with E-state index in [1.807, 2.05) is 37.3 Å². The van der Waals surface area contributed by atoms with Crippen LogP contribution in [0.2, 0.25) is 0 Å². The molecule has 8 nitrogen and oxygen atoms in total. The van der Waals surface area contributed by atoms with Crippen LogP contribution in [0.15, 0.2) is 35.4 Å². The molecule has 2 atom stereocenters. The van der Waals surface area contributed by atoms with Gasteiger partial charge in [0.05, 0.1) is 24.8 Å². The zero-order chi connectivity index (χ0) is 25.4. The number of aromatic nitrogens is 1. The van der Waals surface area contributed by atoms with Crippen molar-refractivity contribution in [3.05, 3.63) is 58.4 Å². The average molecular weight is 493 g/mol. The van der Waals surface area contributed by atoms with Crippen LogP contribution in [0.3, 0.4) is 0 Å². The Morgan fingerprint density at radius 1 is 1.37 bits per heavy atom. The van der Waals surface area contributed by atoms with Crippen molar-refractivity contribution in [2.24, 2.45) is 5.73 Å². The summed E-state index contributed by atoms with van der Waals surface area (Å²) in [5.41, 5.74) is 7.88. The van der Waals surface area contributed by atoms with Gasteiger partial charge in [-0.1, -0.05) is 62.9 Å². The van der Waals surface area contributed by atoms with E-state index in [9.17, 15) is 10.1 Å². The molecule has 0 saturated carbocycles. The number of primary amides is 1. The lowest BCUT2D eigenvalue weighted by Gasteiger charge is -2.37. The summed E-state index contributed by atoms with van der Waals surface area (Å²) in [4.78, 5) is 25.4. The second-order valence-electron chi connectivity index (χ2n) is 8.26. The molecule has 2 N–H and O–H groups in total. The molecule has 0 aliphatic carbocycles. The predicted octanol–water partition coefficient (Wildman–Crippen LogP) is 3.93. The minimum absolute atomic E-state index is 0.0106. The van der Waals surface area contributed by atoms with E-state index in [0.717, 1.165) is 25.2 Å². The number of hydrogen-bond acceptors (Lipinski definition) is 7. The fourth-order valence-corrected chi connectivity index (χ4v) is 5.35. The SMILES string of the molecule is [C-]#[N+]c1c(N2CCO[C@H](CN(CC)CC)C2)nc(SC(C(N)=O)c2ccccc2)c(C#N)c1CC. The number of pyridine rings is 1. The van der Waals surface area contributed by atoms with Crippen molar-refractivity contribution in [3.63, 3.8) is 0 Å². The van der Waals surface area contributed by atoms with E-state index in [4.69, 9.17) is 22.0 Å². The lowest BCUT2D eigenvalue weighted by molar-refractivity contribution is -0.117. The number of anilines is 1. The zero-order valence-electron chi connectivity index (χ0n) is 20.5. The lowest BCUT2D eigenvalue weighted by atomic mass is 10.1. The molecular weight excluding hydrogens is 460 g/mol. The Morgan fingerprint density at radius 3 is 2.66 bits per heavy atom. The van der Waals surface area contributed by atoms with Gasteiger partial charge in [-0.3, -0.25) is 4.79 Å². The fourth-order valence-electron chi connectivity index (χ4n) is 4.29. The number of nitriles is 1. The summed E-state index contributed by atoms with van der Waals surface area (Å²) < 4.78 is 6.02. The van der Waals surface area contributed by atoms with Crippen molar-refractivity contribution in [1.82, 2.24) is 9.88 Å². The van der Waals surface area contributed by atoms with Crippen LogP contribution in [0.25, 0.3) is 4.85 Å². The van der Waals surface area contributed by atoms with E-state index in [2.05, 4.69) is 34.6 Å². The Kier molecular flexibility index (Phi) is 9.50. The Balaban J connectivity index is 2.04. The second kappa shape index (κ2) is 12.6. The van der Waals surface area contributed by atoms with Gasteiger partial charge < -0.3 is 20.3 Å².